The summed E-state index contributed by atoms with van der Waals surface area (Å²) in [6, 6.07) is 0. The third-order valence-electron chi connectivity index (χ3n) is 1.70. The number of rotatable bonds is 6. The summed E-state index contributed by atoms with van der Waals surface area (Å²) in [5.74, 6) is 0. The minimum absolute atomic E-state index is 0.276. The zero-order valence-electron chi connectivity index (χ0n) is 10.5. The molecule has 0 bridgehead atoms. The summed E-state index contributed by atoms with van der Waals surface area (Å²) < 4.78 is 10.1. The van der Waals surface area contributed by atoms with Gasteiger partial charge in [-0.2, -0.15) is 0 Å². The van der Waals surface area contributed by atoms with Crippen LogP contribution in [0.2, 0.25) is 0 Å². The number of hydrogen-bond donors (Lipinski definition) is 0. The Hall–Kier alpha value is -1.68. The summed E-state index contributed by atoms with van der Waals surface area (Å²) in [5.41, 5.74) is 7.57. The van der Waals surface area contributed by atoms with E-state index in [9.17, 15) is 4.79 Å². The number of carbonyl (C=O) groups excluding carboxylic acids is 1. The third kappa shape index (κ3) is 9.26. The lowest BCUT2D eigenvalue weighted by molar-refractivity contribution is -0.0271. The first kappa shape index (κ1) is 15.3. The molecule has 17 heavy (non-hydrogen) atoms. The van der Waals surface area contributed by atoms with Crippen LogP contribution in [0.3, 0.4) is 0 Å². The zero-order valence-corrected chi connectivity index (χ0v) is 10.5. The van der Waals surface area contributed by atoms with Gasteiger partial charge >= 0.3 is 6.16 Å². The van der Waals surface area contributed by atoms with Gasteiger partial charge in [-0.15, -0.1) is 6.58 Å². The van der Waals surface area contributed by atoms with Gasteiger partial charge in [0.1, 0.15) is 11.7 Å². The van der Waals surface area contributed by atoms with E-state index in [-0.39, 0.29) is 12.6 Å². The van der Waals surface area contributed by atoms with E-state index in [0.717, 1.165) is 0 Å². The van der Waals surface area contributed by atoms with Gasteiger partial charge in [-0.05, 0) is 32.7 Å². The van der Waals surface area contributed by atoms with Gasteiger partial charge in [0.25, 0.3) is 0 Å². The highest BCUT2D eigenvalue weighted by molar-refractivity contribution is 5.60. The molecular weight excluding hydrogens is 222 g/mol. The molecule has 96 valence electrons. The van der Waals surface area contributed by atoms with E-state index in [0.29, 0.717) is 12.8 Å². The van der Waals surface area contributed by atoms with Gasteiger partial charge in [0, 0.05) is 17.9 Å². The summed E-state index contributed by atoms with van der Waals surface area (Å²) in [4.78, 5) is 14.0. The molecule has 0 unspecified atom stereocenters. The molecule has 0 saturated carbocycles. The minimum Gasteiger partial charge on any atom is -0.431 e. The lowest BCUT2D eigenvalue weighted by Gasteiger charge is -2.21. The molecule has 0 rings (SSSR count). The lowest BCUT2D eigenvalue weighted by atomic mass is 10.2. The highest BCUT2D eigenvalue weighted by Gasteiger charge is 2.20. The van der Waals surface area contributed by atoms with Crippen molar-refractivity contribution in [1.29, 1.82) is 0 Å². The van der Waals surface area contributed by atoms with Gasteiger partial charge in [0.15, 0.2) is 0 Å². The van der Waals surface area contributed by atoms with E-state index in [2.05, 4.69) is 16.6 Å². The Kier molecular flexibility index (Phi) is 6.82. The average Bonchev–Trinajstić information content (AvgIpc) is 2.15. The Morgan fingerprint density at radius 1 is 1.59 bits per heavy atom. The van der Waals surface area contributed by atoms with E-state index in [1.807, 2.05) is 0 Å². The highest BCUT2D eigenvalue weighted by Crippen LogP contribution is 2.12. The molecule has 0 amide bonds. The van der Waals surface area contributed by atoms with Crippen LogP contribution in [0.15, 0.2) is 17.8 Å². The van der Waals surface area contributed by atoms with Gasteiger partial charge in [0.05, 0.1) is 0 Å². The fourth-order valence-corrected chi connectivity index (χ4v) is 1.07. The molecular formula is C11H19N3O3. The molecule has 0 aromatic heterocycles. The van der Waals surface area contributed by atoms with Crippen molar-refractivity contribution in [3.05, 3.63) is 23.1 Å². The maximum absolute atomic E-state index is 11.4. The van der Waals surface area contributed by atoms with Crippen molar-refractivity contribution in [2.45, 2.75) is 45.3 Å². The Morgan fingerprint density at radius 2 is 2.24 bits per heavy atom. The van der Waals surface area contributed by atoms with Crippen LogP contribution in [-0.4, -0.2) is 24.4 Å². The standard InChI is InChI=1S/C11H19N3O3/c1-5-6-9(7-8-13-14-12)16-10(15)17-11(2,3)4/h5,9H,1,6-8H2,2-4H3/t9-/m0/s1. The van der Waals surface area contributed by atoms with Crippen LogP contribution in [0, 0.1) is 0 Å². The predicted octanol–water partition coefficient (Wildman–Crippen LogP) is 3.58. The summed E-state index contributed by atoms with van der Waals surface area (Å²) in [6.45, 7) is 9.13. The Labute approximate surface area is 101 Å². The summed E-state index contributed by atoms with van der Waals surface area (Å²) >= 11 is 0. The molecule has 0 aromatic carbocycles. The van der Waals surface area contributed by atoms with Crippen LogP contribution >= 0.6 is 0 Å². The van der Waals surface area contributed by atoms with Crippen LogP contribution < -0.4 is 0 Å². The number of ether oxygens (including phenoxy) is 2. The molecule has 0 aliphatic carbocycles. The van der Waals surface area contributed by atoms with Crippen molar-refractivity contribution in [3.8, 4) is 0 Å². The van der Waals surface area contributed by atoms with Crippen LogP contribution in [0.4, 0.5) is 4.79 Å². The van der Waals surface area contributed by atoms with E-state index in [4.69, 9.17) is 15.0 Å². The molecule has 6 nitrogen and oxygen atoms in total. The molecule has 0 N–H and O–H groups in total. The van der Waals surface area contributed by atoms with Gasteiger partial charge < -0.3 is 9.47 Å². The molecule has 0 aliphatic heterocycles. The molecule has 0 saturated heterocycles. The van der Waals surface area contributed by atoms with E-state index < -0.39 is 11.8 Å². The second kappa shape index (κ2) is 7.57. The molecule has 0 heterocycles. The van der Waals surface area contributed by atoms with Crippen LogP contribution in [0.25, 0.3) is 10.4 Å². The molecule has 0 aliphatic rings. The molecule has 0 spiro atoms. The number of carbonyl (C=O) groups is 1. The van der Waals surface area contributed by atoms with E-state index >= 15 is 0 Å². The highest BCUT2D eigenvalue weighted by atomic mass is 16.7. The lowest BCUT2D eigenvalue weighted by Crippen LogP contribution is -2.27. The smallest absolute Gasteiger partial charge is 0.431 e. The quantitative estimate of drug-likeness (QED) is 0.234. The second-order valence-electron chi connectivity index (χ2n) is 4.47. The fraction of sp³-hybridized carbons (Fsp3) is 0.727. The van der Waals surface area contributed by atoms with E-state index in [1.54, 1.807) is 26.8 Å². The average molecular weight is 241 g/mol. The predicted molar refractivity (Wildman–Crippen MR) is 64.6 cm³/mol. The minimum atomic E-state index is -0.717. The first-order valence-corrected chi connectivity index (χ1v) is 5.40. The summed E-state index contributed by atoms with van der Waals surface area (Å²) in [6.07, 6.45) is 1.51. The molecule has 0 aromatic rings. The molecule has 6 heteroatoms. The first-order valence-electron chi connectivity index (χ1n) is 5.40. The van der Waals surface area contributed by atoms with Crippen molar-refractivity contribution in [2.24, 2.45) is 5.11 Å². The molecule has 0 fully saturated rings. The SMILES string of the molecule is C=CC[C@@H](CCN=[N+]=[N-])OC(=O)OC(C)(C)C. The van der Waals surface area contributed by atoms with Gasteiger partial charge in [0.2, 0.25) is 0 Å². The van der Waals surface area contributed by atoms with Crippen molar-refractivity contribution >= 4 is 6.16 Å². The Bertz CT molecular complexity index is 304. The monoisotopic (exact) mass is 241 g/mol. The van der Waals surface area contributed by atoms with Crippen molar-refractivity contribution < 1.29 is 14.3 Å². The van der Waals surface area contributed by atoms with Crippen molar-refractivity contribution in [3.63, 3.8) is 0 Å². The Morgan fingerprint density at radius 3 is 2.71 bits per heavy atom. The number of azide groups is 1. The largest absolute Gasteiger partial charge is 0.509 e. The molecule has 1 atom stereocenters. The number of nitrogens with zero attached hydrogens (tertiary/aromatic N) is 3. The normalized spacial score (nSPS) is 12.2. The van der Waals surface area contributed by atoms with Gasteiger partial charge in [-0.1, -0.05) is 11.2 Å². The van der Waals surface area contributed by atoms with Crippen molar-refractivity contribution in [2.75, 3.05) is 6.54 Å². The third-order valence-corrected chi connectivity index (χ3v) is 1.70. The van der Waals surface area contributed by atoms with Gasteiger partial charge in [-0.3, -0.25) is 0 Å². The van der Waals surface area contributed by atoms with Crippen molar-refractivity contribution in [1.82, 2.24) is 0 Å². The second-order valence-corrected chi connectivity index (χ2v) is 4.47. The fourth-order valence-electron chi connectivity index (χ4n) is 1.07. The summed E-state index contributed by atoms with van der Waals surface area (Å²) in [7, 11) is 0. The first-order chi connectivity index (χ1) is 7.89. The number of hydrogen-bond acceptors (Lipinski definition) is 4. The van der Waals surface area contributed by atoms with Crippen LogP contribution in [-0.2, 0) is 9.47 Å². The Balaban J connectivity index is 4.18. The topological polar surface area (TPSA) is 84.3 Å². The zero-order chi connectivity index (χ0) is 13.3. The maximum Gasteiger partial charge on any atom is 0.509 e. The van der Waals surface area contributed by atoms with E-state index in [1.165, 1.54) is 0 Å². The van der Waals surface area contributed by atoms with Crippen LogP contribution in [0.1, 0.15) is 33.6 Å². The summed E-state index contributed by atoms with van der Waals surface area (Å²) in [5, 5.41) is 3.39. The molecule has 0 radical (unpaired) electrons. The van der Waals surface area contributed by atoms with Gasteiger partial charge in [-0.25, -0.2) is 4.79 Å². The van der Waals surface area contributed by atoms with Crippen LogP contribution in [0.5, 0.6) is 0 Å². The maximum atomic E-state index is 11.4.